The van der Waals surface area contributed by atoms with E-state index in [1.54, 1.807) is 24.4 Å². The lowest BCUT2D eigenvalue weighted by atomic mass is 10.2. The highest BCUT2D eigenvalue weighted by molar-refractivity contribution is 6.30. The normalized spacial score (nSPS) is 17.0. The highest BCUT2D eigenvalue weighted by Gasteiger charge is 2.17. The summed E-state index contributed by atoms with van der Waals surface area (Å²) in [5.41, 5.74) is 1.11. The number of amides is 1. The highest BCUT2D eigenvalue weighted by atomic mass is 35.5. The number of carbonyl (C=O) groups is 1. The summed E-state index contributed by atoms with van der Waals surface area (Å²) < 4.78 is 5.48. The minimum Gasteiger partial charge on any atom is -0.376 e. The quantitative estimate of drug-likeness (QED) is 0.880. The van der Waals surface area contributed by atoms with Crippen molar-refractivity contribution in [1.29, 1.82) is 0 Å². The molecule has 3 rings (SSSR count). The number of nitrogens with zero attached hydrogens (tertiary/aromatic N) is 2. The Balaban J connectivity index is 1.61. The van der Waals surface area contributed by atoms with Gasteiger partial charge >= 0.3 is 0 Å². The van der Waals surface area contributed by atoms with E-state index >= 15 is 0 Å². The molecule has 23 heavy (non-hydrogen) atoms. The monoisotopic (exact) mass is 332 g/mol. The second-order valence-electron chi connectivity index (χ2n) is 5.24. The predicted molar refractivity (Wildman–Crippen MR) is 88.1 cm³/mol. The van der Waals surface area contributed by atoms with Gasteiger partial charge in [0, 0.05) is 30.1 Å². The van der Waals surface area contributed by atoms with Crippen LogP contribution in [0.5, 0.6) is 0 Å². The van der Waals surface area contributed by atoms with Crippen LogP contribution in [0.1, 0.15) is 23.3 Å². The Morgan fingerprint density at radius 1 is 1.30 bits per heavy atom. The molecule has 120 valence electrons. The smallest absolute Gasteiger partial charge is 0.270 e. The van der Waals surface area contributed by atoms with E-state index in [0.717, 1.165) is 25.1 Å². The summed E-state index contributed by atoms with van der Waals surface area (Å²) in [5, 5.41) is 6.53. The Bertz CT molecular complexity index is 672. The molecule has 1 atom stereocenters. The molecular formula is C16H17ClN4O2. The van der Waals surface area contributed by atoms with Crippen LogP contribution >= 0.6 is 11.6 Å². The van der Waals surface area contributed by atoms with Gasteiger partial charge in [-0.1, -0.05) is 11.6 Å². The van der Waals surface area contributed by atoms with E-state index in [2.05, 4.69) is 20.6 Å². The second-order valence-corrected chi connectivity index (χ2v) is 5.68. The topological polar surface area (TPSA) is 76.1 Å². The molecule has 2 N–H and O–H groups in total. The van der Waals surface area contributed by atoms with Gasteiger partial charge in [-0.15, -0.1) is 0 Å². The van der Waals surface area contributed by atoms with Crippen molar-refractivity contribution < 1.29 is 9.53 Å². The van der Waals surface area contributed by atoms with Crippen molar-refractivity contribution in [1.82, 2.24) is 15.3 Å². The van der Waals surface area contributed by atoms with Crippen molar-refractivity contribution in [3.05, 3.63) is 47.2 Å². The van der Waals surface area contributed by atoms with Crippen molar-refractivity contribution in [3.8, 4) is 0 Å². The van der Waals surface area contributed by atoms with Gasteiger partial charge in [0.05, 0.1) is 6.10 Å². The van der Waals surface area contributed by atoms with Crippen molar-refractivity contribution in [2.45, 2.75) is 18.9 Å². The molecule has 1 unspecified atom stereocenters. The van der Waals surface area contributed by atoms with Gasteiger partial charge in [0.2, 0.25) is 5.95 Å². The number of hydrogen-bond acceptors (Lipinski definition) is 5. The minimum absolute atomic E-state index is 0.104. The first-order valence-electron chi connectivity index (χ1n) is 7.46. The van der Waals surface area contributed by atoms with E-state index in [-0.39, 0.29) is 12.0 Å². The molecule has 1 amide bonds. The van der Waals surface area contributed by atoms with Crippen LogP contribution in [0.3, 0.4) is 0 Å². The van der Waals surface area contributed by atoms with E-state index in [0.29, 0.717) is 23.2 Å². The fourth-order valence-electron chi connectivity index (χ4n) is 2.31. The molecule has 0 spiro atoms. The Morgan fingerprint density at radius 2 is 2.13 bits per heavy atom. The number of halogens is 1. The third kappa shape index (κ3) is 4.40. The first kappa shape index (κ1) is 15.7. The maximum atomic E-state index is 12.1. The molecule has 2 aromatic rings. The summed E-state index contributed by atoms with van der Waals surface area (Å²) >= 11 is 5.85. The molecule has 1 aromatic carbocycles. The van der Waals surface area contributed by atoms with Crippen molar-refractivity contribution in [2.75, 3.05) is 18.5 Å². The molecule has 6 nitrogen and oxygen atoms in total. The van der Waals surface area contributed by atoms with E-state index < -0.39 is 0 Å². The highest BCUT2D eigenvalue weighted by Crippen LogP contribution is 2.16. The summed E-state index contributed by atoms with van der Waals surface area (Å²) in [6, 6.07) is 8.74. The van der Waals surface area contributed by atoms with Gasteiger partial charge < -0.3 is 15.4 Å². The summed E-state index contributed by atoms with van der Waals surface area (Å²) in [5.74, 6) is 0.124. The van der Waals surface area contributed by atoms with Gasteiger partial charge in [-0.2, -0.15) is 0 Å². The van der Waals surface area contributed by atoms with Gasteiger partial charge in [0.15, 0.2) is 0 Å². The van der Waals surface area contributed by atoms with E-state index in [1.807, 2.05) is 12.1 Å². The van der Waals surface area contributed by atoms with Gasteiger partial charge in [-0.25, -0.2) is 9.97 Å². The van der Waals surface area contributed by atoms with E-state index in [9.17, 15) is 4.79 Å². The molecule has 7 heteroatoms. The molecule has 0 radical (unpaired) electrons. The van der Waals surface area contributed by atoms with Gasteiger partial charge in [0.1, 0.15) is 5.69 Å². The standard InChI is InChI=1S/C16H17ClN4O2/c17-11-3-5-12(6-4-11)20-16-18-8-7-14(21-16)15(22)19-10-13-2-1-9-23-13/h3-8,13H,1-2,9-10H2,(H,19,22)(H,18,20,21). The lowest BCUT2D eigenvalue weighted by Crippen LogP contribution is -2.32. The molecule has 1 aliphatic rings. The SMILES string of the molecule is O=C(NCC1CCCO1)c1ccnc(Nc2ccc(Cl)cc2)n1. The fraction of sp³-hybridized carbons (Fsp3) is 0.312. The third-order valence-corrected chi connectivity index (χ3v) is 3.75. The lowest BCUT2D eigenvalue weighted by Gasteiger charge is -2.11. The average Bonchev–Trinajstić information content (AvgIpc) is 3.08. The maximum absolute atomic E-state index is 12.1. The van der Waals surface area contributed by atoms with E-state index in [4.69, 9.17) is 16.3 Å². The van der Waals surface area contributed by atoms with Gasteiger partial charge in [0.25, 0.3) is 5.91 Å². The summed E-state index contributed by atoms with van der Waals surface area (Å²) in [7, 11) is 0. The van der Waals surface area contributed by atoms with Crippen LogP contribution in [0.25, 0.3) is 0 Å². The number of benzene rings is 1. The minimum atomic E-state index is -0.234. The van der Waals surface area contributed by atoms with Gasteiger partial charge in [-0.3, -0.25) is 4.79 Å². The first-order chi connectivity index (χ1) is 11.2. The van der Waals surface area contributed by atoms with Crippen molar-refractivity contribution >= 4 is 29.1 Å². The van der Waals surface area contributed by atoms with Crippen LogP contribution in [0, 0.1) is 0 Å². The zero-order valence-electron chi connectivity index (χ0n) is 12.5. The Hall–Kier alpha value is -2.18. The van der Waals surface area contributed by atoms with Crippen molar-refractivity contribution in [3.63, 3.8) is 0 Å². The number of ether oxygens (including phenoxy) is 1. The Labute approximate surface area is 139 Å². The van der Waals surface area contributed by atoms with Crippen LogP contribution in [0.4, 0.5) is 11.6 Å². The lowest BCUT2D eigenvalue weighted by molar-refractivity contribution is 0.0853. The van der Waals surface area contributed by atoms with E-state index in [1.165, 1.54) is 0 Å². The first-order valence-corrected chi connectivity index (χ1v) is 7.84. The van der Waals surface area contributed by atoms with Crippen molar-refractivity contribution in [2.24, 2.45) is 0 Å². The largest absolute Gasteiger partial charge is 0.376 e. The number of carbonyl (C=O) groups excluding carboxylic acids is 1. The predicted octanol–water partition coefficient (Wildman–Crippen LogP) is 2.78. The fourth-order valence-corrected chi connectivity index (χ4v) is 2.44. The number of nitrogens with one attached hydrogen (secondary N) is 2. The number of aromatic nitrogens is 2. The van der Waals surface area contributed by atoms with Crippen LogP contribution < -0.4 is 10.6 Å². The van der Waals surface area contributed by atoms with Gasteiger partial charge in [-0.05, 0) is 43.2 Å². The number of hydrogen-bond donors (Lipinski definition) is 2. The molecule has 0 aliphatic carbocycles. The van der Waals surface area contributed by atoms with Crippen LogP contribution in [0.15, 0.2) is 36.5 Å². The average molecular weight is 333 g/mol. The zero-order chi connectivity index (χ0) is 16.1. The molecule has 0 bridgehead atoms. The number of rotatable bonds is 5. The second kappa shape index (κ2) is 7.39. The molecule has 0 saturated carbocycles. The Morgan fingerprint density at radius 3 is 2.87 bits per heavy atom. The maximum Gasteiger partial charge on any atom is 0.270 e. The summed E-state index contributed by atoms with van der Waals surface area (Å²) in [6.07, 6.45) is 3.68. The Kier molecular flexibility index (Phi) is 5.05. The van der Waals surface area contributed by atoms with Crippen LogP contribution in [-0.2, 0) is 4.74 Å². The molecule has 2 heterocycles. The summed E-state index contributed by atoms with van der Waals surface area (Å²) in [4.78, 5) is 20.5. The summed E-state index contributed by atoms with van der Waals surface area (Å²) in [6.45, 7) is 1.27. The molecule has 1 fully saturated rings. The third-order valence-electron chi connectivity index (χ3n) is 3.50. The van der Waals surface area contributed by atoms with Crippen LogP contribution in [-0.4, -0.2) is 35.1 Å². The zero-order valence-corrected chi connectivity index (χ0v) is 13.2. The molecular weight excluding hydrogens is 316 g/mol. The van der Waals surface area contributed by atoms with Crippen LogP contribution in [0.2, 0.25) is 5.02 Å². The molecule has 1 aromatic heterocycles. The molecule has 1 saturated heterocycles. The number of anilines is 2. The molecule has 1 aliphatic heterocycles.